The molecule has 3 aromatic rings. The van der Waals surface area contributed by atoms with Crippen LogP contribution in [-0.2, 0) is 16.0 Å². The normalized spacial score (nSPS) is 10.8. The number of likely N-dealkylation sites (N-methyl/N-ethyl adjacent to an activating group) is 1. The number of Topliss-reactive ketones (excluding diaryl/α,β-unsaturated/α-hetero) is 1. The molecule has 1 aromatic heterocycles. The molecule has 3 rings (SSSR count). The molecule has 1 amide bonds. The van der Waals surface area contributed by atoms with E-state index in [1.54, 1.807) is 11.8 Å². The zero-order valence-electron chi connectivity index (χ0n) is 17.0. The molecule has 0 aliphatic rings. The van der Waals surface area contributed by atoms with E-state index in [9.17, 15) is 14.4 Å². The lowest BCUT2D eigenvalue weighted by Crippen LogP contribution is -2.32. The Balaban J connectivity index is 2.01. The van der Waals surface area contributed by atoms with Crippen molar-refractivity contribution in [2.24, 2.45) is 0 Å². The number of carbonyl (C=O) groups excluding carboxylic acids is 3. The summed E-state index contributed by atoms with van der Waals surface area (Å²) in [5.74, 6) is -0.944. The highest BCUT2D eigenvalue weighted by atomic mass is 16.5. The molecule has 0 atom stereocenters. The second kappa shape index (κ2) is 8.31. The molecule has 0 bridgehead atoms. The van der Waals surface area contributed by atoms with Gasteiger partial charge >= 0.3 is 5.97 Å². The third-order valence-corrected chi connectivity index (χ3v) is 5.07. The van der Waals surface area contributed by atoms with Gasteiger partial charge in [-0.3, -0.25) is 9.59 Å². The maximum Gasteiger partial charge on any atom is 0.339 e. The first-order valence-corrected chi connectivity index (χ1v) is 9.47. The first-order valence-electron chi connectivity index (χ1n) is 9.47. The van der Waals surface area contributed by atoms with E-state index in [0.717, 1.165) is 16.5 Å². The molecule has 150 valence electrons. The van der Waals surface area contributed by atoms with E-state index in [1.165, 1.54) is 14.0 Å². The van der Waals surface area contributed by atoms with Gasteiger partial charge in [0.25, 0.3) is 0 Å². The topological polar surface area (TPSA) is 79.5 Å². The summed E-state index contributed by atoms with van der Waals surface area (Å²) >= 11 is 0. The van der Waals surface area contributed by atoms with Crippen LogP contribution >= 0.6 is 0 Å². The second-order valence-electron chi connectivity index (χ2n) is 6.84. The Morgan fingerprint density at radius 3 is 2.41 bits per heavy atom. The molecule has 6 nitrogen and oxygen atoms in total. The van der Waals surface area contributed by atoms with Crippen LogP contribution in [0, 0.1) is 6.92 Å². The number of hydrogen-bond donors (Lipinski definition) is 1. The average molecular weight is 392 g/mol. The Morgan fingerprint density at radius 2 is 1.76 bits per heavy atom. The molecule has 1 N–H and O–H groups in total. The summed E-state index contributed by atoms with van der Waals surface area (Å²) in [6.45, 7) is 5.47. The van der Waals surface area contributed by atoms with Crippen molar-refractivity contribution in [1.29, 1.82) is 0 Å². The number of rotatable bonds is 6. The Bertz CT molecular complexity index is 1090. The van der Waals surface area contributed by atoms with Gasteiger partial charge in [0.15, 0.2) is 5.78 Å². The molecule has 0 unspecified atom stereocenters. The van der Waals surface area contributed by atoms with Gasteiger partial charge in [0.2, 0.25) is 5.91 Å². The first-order chi connectivity index (χ1) is 13.9. The van der Waals surface area contributed by atoms with Crippen LogP contribution in [0.3, 0.4) is 0 Å². The predicted molar refractivity (Wildman–Crippen MR) is 113 cm³/mol. The van der Waals surface area contributed by atoms with E-state index in [2.05, 4.69) is 4.98 Å². The van der Waals surface area contributed by atoms with Crippen LogP contribution in [-0.4, -0.2) is 36.3 Å². The summed E-state index contributed by atoms with van der Waals surface area (Å²) in [5, 5.41) is 2.02. The van der Waals surface area contributed by atoms with Gasteiger partial charge in [0, 0.05) is 24.5 Å². The van der Waals surface area contributed by atoms with Crippen molar-refractivity contribution in [2.75, 3.05) is 18.6 Å². The van der Waals surface area contributed by atoms with Crippen LogP contribution in [0.15, 0.2) is 42.5 Å². The van der Waals surface area contributed by atoms with Crippen molar-refractivity contribution < 1.29 is 19.1 Å². The predicted octanol–water partition coefficient (Wildman–Crippen LogP) is 4.06. The molecule has 2 aromatic carbocycles. The van der Waals surface area contributed by atoms with Crippen LogP contribution in [0.4, 0.5) is 5.69 Å². The lowest BCUT2D eigenvalue weighted by Gasteiger charge is -2.23. The minimum atomic E-state index is -0.567. The van der Waals surface area contributed by atoms with E-state index in [4.69, 9.17) is 4.74 Å². The van der Waals surface area contributed by atoms with Crippen molar-refractivity contribution >= 4 is 34.1 Å². The smallest absolute Gasteiger partial charge is 0.339 e. The van der Waals surface area contributed by atoms with Gasteiger partial charge in [0.05, 0.1) is 30.5 Å². The quantitative estimate of drug-likeness (QED) is 0.507. The summed E-state index contributed by atoms with van der Waals surface area (Å²) in [5.41, 5.74) is 2.27. The van der Waals surface area contributed by atoms with E-state index in [-0.39, 0.29) is 23.7 Å². The number of hydrogen-bond acceptors (Lipinski definition) is 4. The van der Waals surface area contributed by atoms with Crippen LogP contribution in [0.2, 0.25) is 0 Å². The standard InChI is InChI=1S/C23H24N2O4/c1-5-25(19-12-8-10-16-9-6-7-11-17(16)19)20(27)13-18-21(23(28)29-4)14(2)22(24-18)15(3)26/h6-12,24H,5,13H2,1-4H3. The number of fused-ring (bicyclic) bond motifs is 1. The molecule has 0 radical (unpaired) electrons. The van der Waals surface area contributed by atoms with Crippen LogP contribution in [0.25, 0.3) is 10.8 Å². The number of carbonyl (C=O) groups is 3. The van der Waals surface area contributed by atoms with E-state index < -0.39 is 5.97 Å². The number of aromatic nitrogens is 1. The number of ketones is 1. The zero-order chi connectivity index (χ0) is 21.1. The maximum atomic E-state index is 13.2. The molecular weight excluding hydrogens is 368 g/mol. The molecule has 29 heavy (non-hydrogen) atoms. The summed E-state index contributed by atoms with van der Waals surface area (Å²) in [6.07, 6.45) is -0.0460. The molecule has 0 spiro atoms. The zero-order valence-corrected chi connectivity index (χ0v) is 17.0. The van der Waals surface area contributed by atoms with E-state index in [1.807, 2.05) is 49.4 Å². The number of esters is 1. The van der Waals surface area contributed by atoms with Crippen molar-refractivity contribution in [1.82, 2.24) is 4.98 Å². The Kier molecular flexibility index (Phi) is 5.82. The minimum absolute atomic E-state index is 0.0460. The summed E-state index contributed by atoms with van der Waals surface area (Å²) in [4.78, 5) is 42.0. The monoisotopic (exact) mass is 392 g/mol. The van der Waals surface area contributed by atoms with Crippen molar-refractivity contribution in [2.45, 2.75) is 27.2 Å². The lowest BCUT2D eigenvalue weighted by molar-refractivity contribution is -0.118. The van der Waals surface area contributed by atoms with Gasteiger partial charge < -0.3 is 14.6 Å². The highest BCUT2D eigenvalue weighted by Crippen LogP contribution is 2.28. The van der Waals surface area contributed by atoms with Crippen molar-refractivity contribution in [3.63, 3.8) is 0 Å². The number of anilines is 1. The second-order valence-corrected chi connectivity index (χ2v) is 6.84. The molecule has 0 aliphatic heterocycles. The number of H-pyrrole nitrogens is 1. The van der Waals surface area contributed by atoms with Crippen LogP contribution < -0.4 is 4.90 Å². The molecule has 0 aliphatic carbocycles. The third-order valence-electron chi connectivity index (χ3n) is 5.07. The number of ether oxygens (including phenoxy) is 1. The molecule has 0 fully saturated rings. The number of methoxy groups -OCH3 is 1. The largest absolute Gasteiger partial charge is 0.465 e. The third kappa shape index (κ3) is 3.78. The molecule has 0 saturated heterocycles. The van der Waals surface area contributed by atoms with Gasteiger partial charge in [-0.05, 0) is 30.9 Å². The summed E-state index contributed by atoms with van der Waals surface area (Å²) in [7, 11) is 1.28. The van der Waals surface area contributed by atoms with Crippen LogP contribution in [0.5, 0.6) is 0 Å². The fourth-order valence-corrected chi connectivity index (χ4v) is 3.69. The average Bonchev–Trinajstić information content (AvgIpc) is 3.04. The van der Waals surface area contributed by atoms with Gasteiger partial charge in [-0.2, -0.15) is 0 Å². The van der Waals surface area contributed by atoms with Gasteiger partial charge in [-0.25, -0.2) is 4.79 Å². The lowest BCUT2D eigenvalue weighted by atomic mass is 10.1. The highest BCUT2D eigenvalue weighted by molar-refractivity contribution is 6.06. The Labute approximate surface area is 169 Å². The highest BCUT2D eigenvalue weighted by Gasteiger charge is 2.26. The molecule has 6 heteroatoms. The van der Waals surface area contributed by atoms with Gasteiger partial charge in [-0.15, -0.1) is 0 Å². The maximum absolute atomic E-state index is 13.2. The number of amides is 1. The minimum Gasteiger partial charge on any atom is -0.465 e. The fourth-order valence-electron chi connectivity index (χ4n) is 3.69. The summed E-state index contributed by atoms with van der Waals surface area (Å²) in [6, 6.07) is 13.7. The number of nitrogens with one attached hydrogen (secondary N) is 1. The first kappa shape index (κ1) is 20.3. The SMILES string of the molecule is CCN(C(=O)Cc1[nH]c(C(C)=O)c(C)c1C(=O)OC)c1cccc2ccccc12. The number of benzene rings is 2. The number of nitrogens with zero attached hydrogens (tertiary/aromatic N) is 1. The Morgan fingerprint density at radius 1 is 1.07 bits per heavy atom. The molecule has 1 heterocycles. The molecule has 0 saturated carbocycles. The van der Waals surface area contributed by atoms with Crippen LogP contribution in [0.1, 0.15) is 46.0 Å². The summed E-state index contributed by atoms with van der Waals surface area (Å²) < 4.78 is 4.87. The van der Waals surface area contributed by atoms with Gasteiger partial charge in [0.1, 0.15) is 0 Å². The van der Waals surface area contributed by atoms with E-state index >= 15 is 0 Å². The van der Waals surface area contributed by atoms with Crippen molar-refractivity contribution in [3.05, 3.63) is 65.0 Å². The fraction of sp³-hybridized carbons (Fsp3) is 0.261. The number of aromatic amines is 1. The van der Waals surface area contributed by atoms with Crippen molar-refractivity contribution in [3.8, 4) is 0 Å². The van der Waals surface area contributed by atoms with Gasteiger partial charge in [-0.1, -0.05) is 36.4 Å². The van der Waals surface area contributed by atoms with E-state index in [0.29, 0.717) is 23.5 Å². The molecular formula is C23H24N2O4. The Hall–Kier alpha value is -3.41.